The van der Waals surface area contributed by atoms with Gasteiger partial charge in [-0.15, -0.1) is 23.5 Å². The number of ether oxygens (including phenoxy) is 2. The molecule has 4 rings (SSSR count). The van der Waals surface area contributed by atoms with Crippen LogP contribution in [0, 0.1) is 0 Å². The van der Waals surface area contributed by atoms with E-state index in [0.717, 1.165) is 22.6 Å². The van der Waals surface area contributed by atoms with Crippen molar-refractivity contribution in [2.75, 3.05) is 38.8 Å². The van der Waals surface area contributed by atoms with E-state index < -0.39 is 0 Å². The van der Waals surface area contributed by atoms with E-state index in [1.165, 1.54) is 0 Å². The highest BCUT2D eigenvalue weighted by Crippen LogP contribution is 2.41. The van der Waals surface area contributed by atoms with Gasteiger partial charge in [-0.05, 0) is 35.4 Å². The van der Waals surface area contributed by atoms with Crippen LogP contribution in [0.5, 0.6) is 11.5 Å². The quantitative estimate of drug-likeness (QED) is 0.651. The molecule has 0 spiro atoms. The highest BCUT2D eigenvalue weighted by atomic mass is 32.2. The third kappa shape index (κ3) is 4.25. The molecule has 2 aromatic rings. The molecule has 2 atom stereocenters. The van der Waals surface area contributed by atoms with Gasteiger partial charge < -0.3 is 19.3 Å². The molecule has 8 heteroatoms. The number of nitrogens with zero attached hydrogens (tertiary/aromatic N) is 2. The smallest absolute Gasteiger partial charge is 0.233 e. The molecule has 2 heterocycles. The van der Waals surface area contributed by atoms with Gasteiger partial charge in [-0.3, -0.25) is 9.59 Å². The molecule has 0 N–H and O–H groups in total. The summed E-state index contributed by atoms with van der Waals surface area (Å²) >= 11 is 3.25. The Morgan fingerprint density at radius 1 is 0.733 bits per heavy atom. The minimum atomic E-state index is -0.0341. The number of benzene rings is 2. The minimum Gasteiger partial charge on any atom is -0.497 e. The van der Waals surface area contributed by atoms with Gasteiger partial charge in [0.1, 0.15) is 22.2 Å². The molecule has 2 fully saturated rings. The fraction of sp³-hybridized carbons (Fsp3) is 0.364. The number of hydrogen-bond acceptors (Lipinski definition) is 6. The van der Waals surface area contributed by atoms with Crippen molar-refractivity contribution in [1.82, 2.24) is 9.80 Å². The molecule has 30 heavy (non-hydrogen) atoms. The Labute approximate surface area is 184 Å². The molecule has 0 aromatic heterocycles. The lowest BCUT2D eigenvalue weighted by Gasteiger charge is -2.29. The van der Waals surface area contributed by atoms with Gasteiger partial charge in [0.25, 0.3) is 0 Å². The van der Waals surface area contributed by atoms with Gasteiger partial charge in [-0.2, -0.15) is 0 Å². The van der Waals surface area contributed by atoms with Crippen LogP contribution in [0.15, 0.2) is 48.5 Å². The third-order valence-corrected chi connectivity index (χ3v) is 7.83. The molecule has 0 unspecified atom stereocenters. The summed E-state index contributed by atoms with van der Waals surface area (Å²) < 4.78 is 10.5. The number of methoxy groups -OCH3 is 2. The summed E-state index contributed by atoms with van der Waals surface area (Å²) in [7, 11) is 3.28. The Hall–Kier alpha value is -2.32. The predicted molar refractivity (Wildman–Crippen MR) is 120 cm³/mol. The molecule has 2 amide bonds. The second-order valence-corrected chi connectivity index (χ2v) is 9.18. The molecule has 0 bridgehead atoms. The summed E-state index contributed by atoms with van der Waals surface area (Å²) in [6.45, 7) is 1.03. The zero-order chi connectivity index (χ0) is 21.1. The maximum Gasteiger partial charge on any atom is 0.233 e. The summed E-state index contributed by atoms with van der Waals surface area (Å²) in [6, 6.07) is 15.7. The van der Waals surface area contributed by atoms with Crippen molar-refractivity contribution in [2.45, 2.75) is 10.7 Å². The Bertz CT molecular complexity index is 829. The first-order chi connectivity index (χ1) is 14.6. The largest absolute Gasteiger partial charge is 0.497 e. The van der Waals surface area contributed by atoms with Crippen LogP contribution in [0.25, 0.3) is 0 Å². The van der Waals surface area contributed by atoms with Gasteiger partial charge in [0.15, 0.2) is 0 Å². The Morgan fingerprint density at radius 2 is 1.10 bits per heavy atom. The molecule has 6 nitrogen and oxygen atoms in total. The van der Waals surface area contributed by atoms with Crippen LogP contribution >= 0.6 is 23.5 Å². The summed E-state index contributed by atoms with van der Waals surface area (Å²) in [6.07, 6.45) is 0. The molecule has 0 aliphatic carbocycles. The summed E-state index contributed by atoms with van der Waals surface area (Å²) in [4.78, 5) is 28.9. The van der Waals surface area contributed by atoms with E-state index in [2.05, 4.69) is 0 Å². The van der Waals surface area contributed by atoms with E-state index in [0.29, 0.717) is 24.6 Å². The lowest BCUT2D eigenvalue weighted by atomic mass is 10.2. The van der Waals surface area contributed by atoms with E-state index in [-0.39, 0.29) is 22.6 Å². The second-order valence-electron chi connectivity index (χ2n) is 7.05. The van der Waals surface area contributed by atoms with Gasteiger partial charge in [0.05, 0.1) is 25.7 Å². The molecule has 158 valence electrons. The summed E-state index contributed by atoms with van der Waals surface area (Å²) in [5, 5.41) is -0.0681. The number of carbonyl (C=O) groups is 2. The number of thioether (sulfide) groups is 2. The van der Waals surface area contributed by atoms with Crippen LogP contribution in [0.2, 0.25) is 0 Å². The standard InChI is InChI=1S/C22H24N2O4S2/c1-27-17-7-3-15(4-8-17)21-23(19(25)13-29-21)11-12-24-20(26)14-30-22(24)16-5-9-18(28-2)10-6-16/h3-10,21-22H,11-14H2,1-2H3/t21-,22-/m0/s1. The maximum atomic E-state index is 12.5. The SMILES string of the molecule is COc1ccc([C@@H]2SCC(=O)N2CCN2C(=O)CS[C@H]2c2ccc(OC)cc2)cc1. The van der Waals surface area contributed by atoms with Gasteiger partial charge >= 0.3 is 0 Å². The van der Waals surface area contributed by atoms with Crippen LogP contribution in [0.3, 0.4) is 0 Å². The van der Waals surface area contributed by atoms with Crippen molar-refractivity contribution in [1.29, 1.82) is 0 Å². The minimum absolute atomic E-state index is 0.0341. The van der Waals surface area contributed by atoms with Crippen LogP contribution in [-0.4, -0.2) is 60.4 Å². The number of amides is 2. The molecule has 2 saturated heterocycles. The lowest BCUT2D eigenvalue weighted by Crippen LogP contribution is -2.39. The van der Waals surface area contributed by atoms with E-state index >= 15 is 0 Å². The van der Waals surface area contributed by atoms with Crippen molar-refractivity contribution < 1.29 is 19.1 Å². The molecular weight excluding hydrogens is 420 g/mol. The fourth-order valence-corrected chi connectivity index (χ4v) is 6.13. The summed E-state index contributed by atoms with van der Waals surface area (Å²) in [5.74, 6) is 2.73. The van der Waals surface area contributed by atoms with Gasteiger partial charge in [0.2, 0.25) is 11.8 Å². The Kier molecular flexibility index (Phi) is 6.43. The number of hydrogen-bond donors (Lipinski definition) is 0. The molecule has 0 saturated carbocycles. The van der Waals surface area contributed by atoms with E-state index in [9.17, 15) is 9.59 Å². The average molecular weight is 445 g/mol. The van der Waals surface area contributed by atoms with Crippen LogP contribution in [0.1, 0.15) is 21.9 Å². The highest BCUT2D eigenvalue weighted by molar-refractivity contribution is 8.00. The Morgan fingerprint density at radius 3 is 1.43 bits per heavy atom. The molecule has 2 aliphatic heterocycles. The van der Waals surface area contributed by atoms with E-state index in [4.69, 9.17) is 9.47 Å². The zero-order valence-electron chi connectivity index (χ0n) is 16.9. The molecular formula is C22H24N2O4S2. The van der Waals surface area contributed by atoms with Crippen molar-refractivity contribution in [3.8, 4) is 11.5 Å². The average Bonchev–Trinajstić information content (AvgIpc) is 3.34. The predicted octanol–water partition coefficient (Wildman–Crippen LogP) is 3.55. The third-order valence-electron chi connectivity index (χ3n) is 5.32. The maximum absolute atomic E-state index is 12.5. The number of carbonyl (C=O) groups excluding carboxylic acids is 2. The normalized spacial score (nSPS) is 21.4. The highest BCUT2D eigenvalue weighted by Gasteiger charge is 2.36. The molecule has 0 radical (unpaired) electrons. The van der Waals surface area contributed by atoms with Crippen molar-refractivity contribution in [2.24, 2.45) is 0 Å². The van der Waals surface area contributed by atoms with Crippen molar-refractivity contribution >= 4 is 35.3 Å². The van der Waals surface area contributed by atoms with Crippen LogP contribution in [0.4, 0.5) is 0 Å². The Balaban J connectivity index is 1.46. The second kappa shape index (κ2) is 9.22. The van der Waals surface area contributed by atoms with Gasteiger partial charge in [-0.1, -0.05) is 24.3 Å². The molecule has 2 aromatic carbocycles. The van der Waals surface area contributed by atoms with Gasteiger partial charge in [-0.25, -0.2) is 0 Å². The lowest BCUT2D eigenvalue weighted by molar-refractivity contribution is -0.132. The van der Waals surface area contributed by atoms with Crippen LogP contribution < -0.4 is 9.47 Å². The zero-order valence-corrected chi connectivity index (χ0v) is 18.6. The van der Waals surface area contributed by atoms with Gasteiger partial charge in [0, 0.05) is 13.1 Å². The fourth-order valence-electron chi connectivity index (χ4n) is 3.70. The summed E-state index contributed by atoms with van der Waals surface area (Å²) in [5.41, 5.74) is 2.14. The first-order valence-electron chi connectivity index (χ1n) is 9.71. The van der Waals surface area contributed by atoms with E-state index in [1.807, 2.05) is 58.3 Å². The monoisotopic (exact) mass is 444 g/mol. The van der Waals surface area contributed by atoms with Crippen molar-refractivity contribution in [3.63, 3.8) is 0 Å². The first kappa shape index (κ1) is 20.9. The first-order valence-corrected chi connectivity index (χ1v) is 11.8. The number of rotatable bonds is 7. The van der Waals surface area contributed by atoms with E-state index in [1.54, 1.807) is 37.7 Å². The van der Waals surface area contributed by atoms with Crippen LogP contribution in [-0.2, 0) is 9.59 Å². The molecule has 2 aliphatic rings. The topological polar surface area (TPSA) is 59.1 Å². The van der Waals surface area contributed by atoms with Crippen molar-refractivity contribution in [3.05, 3.63) is 59.7 Å².